The Balaban J connectivity index is 2.54. The smallest absolute Gasteiger partial charge is 0.330 e. The molecular formula is C11H17NO7S. The minimum absolute atomic E-state index is 0.0353. The first-order valence-corrected chi connectivity index (χ1v) is 7.81. The largest absolute Gasteiger partial charge is 0.333 e. The molecule has 1 atom stereocenters. The Kier molecular flexibility index (Phi) is 5.63. The van der Waals surface area contributed by atoms with Gasteiger partial charge in [-0.3, -0.25) is 14.1 Å². The maximum Gasteiger partial charge on any atom is 0.333 e. The summed E-state index contributed by atoms with van der Waals surface area (Å²) in [6.45, 7) is 2.01. The Bertz CT molecular complexity index is 499. The number of hydroxylamine groups is 2. The molecule has 114 valence electrons. The third-order valence-electron chi connectivity index (χ3n) is 2.85. The molecule has 20 heavy (non-hydrogen) atoms. The molecule has 1 saturated heterocycles. The van der Waals surface area contributed by atoms with Gasteiger partial charge in [0.1, 0.15) is 0 Å². The van der Waals surface area contributed by atoms with Crippen molar-refractivity contribution < 1.29 is 32.2 Å². The van der Waals surface area contributed by atoms with Gasteiger partial charge in [-0.15, -0.1) is 5.06 Å². The Hall–Kier alpha value is -1.48. The molecule has 1 rings (SSSR count). The summed E-state index contributed by atoms with van der Waals surface area (Å²) >= 11 is 0. The van der Waals surface area contributed by atoms with Crippen LogP contribution in [0.25, 0.3) is 0 Å². The summed E-state index contributed by atoms with van der Waals surface area (Å²) in [6, 6.07) is 0. The quantitative estimate of drug-likeness (QED) is 0.411. The second-order valence-electron chi connectivity index (χ2n) is 4.51. The Labute approximate surface area is 116 Å². The van der Waals surface area contributed by atoms with Crippen molar-refractivity contribution in [2.75, 3.05) is 0 Å². The van der Waals surface area contributed by atoms with E-state index in [0.29, 0.717) is 6.42 Å². The Morgan fingerprint density at radius 2 is 2.00 bits per heavy atom. The highest BCUT2D eigenvalue weighted by Gasteiger charge is 2.48. The lowest BCUT2D eigenvalue weighted by Gasteiger charge is -2.13. The molecule has 0 aromatic carbocycles. The molecule has 0 aromatic heterocycles. The van der Waals surface area contributed by atoms with Crippen molar-refractivity contribution in [3.8, 4) is 0 Å². The number of hydrogen-bond donors (Lipinski definition) is 1. The van der Waals surface area contributed by atoms with Gasteiger partial charge in [0.2, 0.25) is 0 Å². The summed E-state index contributed by atoms with van der Waals surface area (Å²) in [5.74, 6) is -2.97. The van der Waals surface area contributed by atoms with E-state index in [1.807, 2.05) is 6.92 Å². The van der Waals surface area contributed by atoms with Crippen LogP contribution in [0.4, 0.5) is 0 Å². The van der Waals surface area contributed by atoms with E-state index in [-0.39, 0.29) is 11.5 Å². The first-order chi connectivity index (χ1) is 9.27. The molecule has 1 aliphatic heterocycles. The molecule has 9 heteroatoms. The van der Waals surface area contributed by atoms with Crippen LogP contribution in [-0.4, -0.2) is 41.1 Å². The van der Waals surface area contributed by atoms with Crippen LogP contribution >= 0.6 is 0 Å². The lowest BCUT2D eigenvalue weighted by molar-refractivity contribution is -0.197. The third kappa shape index (κ3) is 4.27. The fourth-order valence-corrected chi connectivity index (χ4v) is 2.46. The van der Waals surface area contributed by atoms with Gasteiger partial charge in [-0.2, -0.15) is 8.42 Å². The number of rotatable bonds is 7. The van der Waals surface area contributed by atoms with Crippen molar-refractivity contribution in [3.05, 3.63) is 0 Å². The lowest BCUT2D eigenvalue weighted by Crippen LogP contribution is -2.36. The van der Waals surface area contributed by atoms with E-state index in [9.17, 15) is 22.8 Å². The fraction of sp³-hybridized carbons (Fsp3) is 0.727. The minimum atomic E-state index is -4.68. The number of amides is 2. The van der Waals surface area contributed by atoms with Crippen molar-refractivity contribution in [2.24, 2.45) is 0 Å². The molecule has 0 aromatic rings. The standard InChI is InChI=1S/C11H17NO7S/c1-2-3-4-5-6-10(14)19-12-9(13)7-8(11(12)15)20(16,17)18/h8H,2-7H2,1H3,(H,16,17,18). The lowest BCUT2D eigenvalue weighted by atomic mass is 10.2. The average molecular weight is 307 g/mol. The zero-order valence-electron chi connectivity index (χ0n) is 11.1. The van der Waals surface area contributed by atoms with Crippen molar-refractivity contribution in [3.63, 3.8) is 0 Å². The van der Waals surface area contributed by atoms with Gasteiger partial charge in [-0.05, 0) is 6.42 Å². The van der Waals surface area contributed by atoms with Crippen LogP contribution in [0.3, 0.4) is 0 Å². The summed E-state index contributed by atoms with van der Waals surface area (Å²) in [5, 5.41) is -1.76. The second kappa shape index (κ2) is 6.80. The molecule has 1 aliphatic rings. The Morgan fingerprint density at radius 1 is 1.35 bits per heavy atom. The minimum Gasteiger partial charge on any atom is -0.330 e. The molecule has 0 radical (unpaired) electrons. The van der Waals surface area contributed by atoms with Crippen LogP contribution in [0.15, 0.2) is 0 Å². The van der Waals surface area contributed by atoms with E-state index >= 15 is 0 Å². The molecule has 1 heterocycles. The molecule has 0 bridgehead atoms. The normalized spacial score (nSPS) is 19.5. The second-order valence-corrected chi connectivity index (χ2v) is 6.11. The van der Waals surface area contributed by atoms with E-state index in [4.69, 9.17) is 4.55 Å². The van der Waals surface area contributed by atoms with Gasteiger partial charge in [0.25, 0.3) is 21.9 Å². The van der Waals surface area contributed by atoms with Crippen molar-refractivity contribution in [1.29, 1.82) is 0 Å². The number of imide groups is 1. The molecule has 0 spiro atoms. The van der Waals surface area contributed by atoms with Gasteiger partial charge in [-0.25, -0.2) is 4.79 Å². The number of nitrogens with zero attached hydrogens (tertiary/aromatic N) is 1. The van der Waals surface area contributed by atoms with Gasteiger partial charge in [-0.1, -0.05) is 26.2 Å². The molecule has 2 amide bonds. The molecule has 8 nitrogen and oxygen atoms in total. The van der Waals surface area contributed by atoms with E-state index in [2.05, 4.69) is 4.84 Å². The predicted molar refractivity (Wildman–Crippen MR) is 66.7 cm³/mol. The zero-order chi connectivity index (χ0) is 15.3. The number of hydrogen-bond acceptors (Lipinski definition) is 6. The highest BCUT2D eigenvalue weighted by Crippen LogP contribution is 2.20. The number of carbonyl (C=O) groups is 3. The highest BCUT2D eigenvalue weighted by molar-refractivity contribution is 7.87. The fourth-order valence-electron chi connectivity index (χ4n) is 1.75. The molecule has 0 saturated carbocycles. The van der Waals surface area contributed by atoms with E-state index < -0.39 is 39.6 Å². The summed E-state index contributed by atoms with van der Waals surface area (Å²) in [6.07, 6.45) is 2.65. The van der Waals surface area contributed by atoms with E-state index in [1.54, 1.807) is 0 Å². The van der Waals surface area contributed by atoms with Crippen LogP contribution in [0.5, 0.6) is 0 Å². The summed E-state index contributed by atoms with van der Waals surface area (Å²) in [4.78, 5) is 39.0. The summed E-state index contributed by atoms with van der Waals surface area (Å²) < 4.78 is 30.6. The van der Waals surface area contributed by atoms with Crippen LogP contribution in [0.2, 0.25) is 0 Å². The van der Waals surface area contributed by atoms with Crippen LogP contribution in [0, 0.1) is 0 Å². The molecule has 1 N–H and O–H groups in total. The molecule has 1 unspecified atom stereocenters. The maximum atomic E-state index is 11.6. The van der Waals surface area contributed by atoms with Crippen LogP contribution < -0.4 is 0 Å². The van der Waals surface area contributed by atoms with Gasteiger partial charge in [0.05, 0.1) is 6.42 Å². The van der Waals surface area contributed by atoms with Gasteiger partial charge in [0.15, 0.2) is 5.25 Å². The first kappa shape index (κ1) is 16.6. The number of unbranched alkanes of at least 4 members (excludes halogenated alkanes) is 3. The van der Waals surface area contributed by atoms with Crippen LogP contribution in [0.1, 0.15) is 45.4 Å². The Morgan fingerprint density at radius 3 is 2.50 bits per heavy atom. The third-order valence-corrected chi connectivity index (χ3v) is 3.94. The van der Waals surface area contributed by atoms with Crippen molar-refractivity contribution in [1.82, 2.24) is 5.06 Å². The van der Waals surface area contributed by atoms with Gasteiger partial charge < -0.3 is 4.84 Å². The zero-order valence-corrected chi connectivity index (χ0v) is 11.9. The summed E-state index contributed by atoms with van der Waals surface area (Å²) in [5.41, 5.74) is 0. The highest BCUT2D eigenvalue weighted by atomic mass is 32.2. The predicted octanol–water partition coefficient (Wildman–Crippen LogP) is 0.430. The maximum absolute atomic E-state index is 11.6. The average Bonchev–Trinajstić information content (AvgIpc) is 2.62. The SMILES string of the molecule is CCCCCCC(=O)ON1C(=O)CC(S(=O)(=O)O)C1=O. The van der Waals surface area contributed by atoms with Gasteiger partial charge in [0, 0.05) is 6.42 Å². The van der Waals surface area contributed by atoms with E-state index in [0.717, 1.165) is 19.3 Å². The molecule has 1 fully saturated rings. The molecule has 0 aliphatic carbocycles. The first-order valence-electron chi connectivity index (χ1n) is 6.31. The number of carbonyl (C=O) groups excluding carboxylic acids is 3. The van der Waals surface area contributed by atoms with Crippen molar-refractivity contribution in [2.45, 2.75) is 50.7 Å². The van der Waals surface area contributed by atoms with Crippen LogP contribution in [-0.2, 0) is 29.3 Å². The monoisotopic (exact) mass is 307 g/mol. The van der Waals surface area contributed by atoms with E-state index in [1.165, 1.54) is 0 Å². The topological polar surface area (TPSA) is 118 Å². The molecular weight excluding hydrogens is 290 g/mol. The van der Waals surface area contributed by atoms with Crippen molar-refractivity contribution >= 4 is 27.9 Å². The van der Waals surface area contributed by atoms with Gasteiger partial charge >= 0.3 is 5.97 Å². The summed E-state index contributed by atoms with van der Waals surface area (Å²) in [7, 11) is -4.68.